The third-order valence-corrected chi connectivity index (χ3v) is 4.33. The normalized spacial score (nSPS) is 20.6. The van der Waals surface area contributed by atoms with Crippen LogP contribution in [0.25, 0.3) is 0 Å². The molecule has 1 saturated heterocycles. The highest BCUT2D eigenvalue weighted by Gasteiger charge is 2.27. The quantitative estimate of drug-likeness (QED) is 0.898. The smallest absolute Gasteiger partial charge is 0.264 e. The summed E-state index contributed by atoms with van der Waals surface area (Å²) in [4.78, 5) is 16.5. The van der Waals surface area contributed by atoms with E-state index in [9.17, 15) is 4.79 Å². The molecule has 1 aliphatic heterocycles. The molecular weight excluding hydrogens is 232 g/mol. The Morgan fingerprint density at radius 2 is 2.35 bits per heavy atom. The van der Waals surface area contributed by atoms with Gasteiger partial charge in [-0.1, -0.05) is 0 Å². The van der Waals surface area contributed by atoms with Crippen LogP contribution in [-0.4, -0.2) is 29.9 Å². The molecule has 3 nitrogen and oxygen atoms in total. The second-order valence-corrected chi connectivity index (χ2v) is 5.92. The lowest BCUT2D eigenvalue weighted by atomic mass is 9.99. The van der Waals surface area contributed by atoms with Crippen molar-refractivity contribution in [1.82, 2.24) is 4.90 Å². The minimum Gasteiger partial charge on any atom is -0.335 e. The van der Waals surface area contributed by atoms with Crippen LogP contribution in [0.15, 0.2) is 12.1 Å². The Kier molecular flexibility index (Phi) is 4.18. The van der Waals surface area contributed by atoms with Crippen LogP contribution in [0.5, 0.6) is 0 Å². The molecule has 1 aromatic heterocycles. The fourth-order valence-electron chi connectivity index (χ4n) is 2.45. The molecule has 4 heteroatoms. The number of likely N-dealkylation sites (tertiary alicyclic amines) is 1. The van der Waals surface area contributed by atoms with Crippen molar-refractivity contribution >= 4 is 17.2 Å². The number of rotatable bonds is 3. The zero-order chi connectivity index (χ0) is 12.3. The molecule has 1 atom stereocenters. The molecule has 2 rings (SSSR count). The van der Waals surface area contributed by atoms with Crippen LogP contribution >= 0.6 is 11.3 Å². The number of piperidine rings is 1. The number of carbonyl (C=O) groups excluding carboxylic acids is 1. The zero-order valence-electron chi connectivity index (χ0n) is 10.3. The van der Waals surface area contributed by atoms with Crippen molar-refractivity contribution in [2.45, 2.75) is 38.6 Å². The molecule has 1 unspecified atom stereocenters. The first-order valence-corrected chi connectivity index (χ1v) is 7.11. The van der Waals surface area contributed by atoms with Gasteiger partial charge in [0, 0.05) is 17.5 Å². The van der Waals surface area contributed by atoms with Gasteiger partial charge in [-0.15, -0.1) is 11.3 Å². The average molecular weight is 252 g/mol. The van der Waals surface area contributed by atoms with E-state index in [4.69, 9.17) is 5.73 Å². The maximum absolute atomic E-state index is 12.4. The molecule has 2 N–H and O–H groups in total. The number of thiophene rings is 1. The molecule has 0 aliphatic carbocycles. The molecule has 0 aromatic carbocycles. The Labute approximate surface area is 107 Å². The van der Waals surface area contributed by atoms with Crippen LogP contribution in [0.2, 0.25) is 0 Å². The summed E-state index contributed by atoms with van der Waals surface area (Å²) in [5.41, 5.74) is 5.63. The van der Waals surface area contributed by atoms with Crippen LogP contribution < -0.4 is 5.73 Å². The van der Waals surface area contributed by atoms with Gasteiger partial charge in [-0.3, -0.25) is 4.79 Å². The molecule has 2 heterocycles. The lowest BCUT2D eigenvalue weighted by Crippen LogP contribution is -2.44. The molecule has 0 spiro atoms. The van der Waals surface area contributed by atoms with E-state index in [1.54, 1.807) is 11.3 Å². The van der Waals surface area contributed by atoms with Gasteiger partial charge < -0.3 is 10.6 Å². The molecule has 1 fully saturated rings. The maximum Gasteiger partial charge on any atom is 0.264 e. The van der Waals surface area contributed by atoms with E-state index < -0.39 is 0 Å². The van der Waals surface area contributed by atoms with E-state index in [1.807, 2.05) is 24.0 Å². The predicted octanol–water partition coefficient (Wildman–Crippen LogP) is 2.40. The summed E-state index contributed by atoms with van der Waals surface area (Å²) < 4.78 is 0. The minimum atomic E-state index is 0.196. The second-order valence-electron chi connectivity index (χ2n) is 4.64. The highest BCUT2D eigenvalue weighted by molar-refractivity contribution is 7.13. The van der Waals surface area contributed by atoms with Crippen LogP contribution in [-0.2, 0) is 0 Å². The number of hydrogen-bond acceptors (Lipinski definition) is 3. The molecule has 1 aliphatic rings. The summed E-state index contributed by atoms with van der Waals surface area (Å²) in [5.74, 6) is 0.196. The van der Waals surface area contributed by atoms with Gasteiger partial charge in [-0.2, -0.15) is 0 Å². The van der Waals surface area contributed by atoms with Gasteiger partial charge in [-0.25, -0.2) is 0 Å². The van der Waals surface area contributed by atoms with Gasteiger partial charge >= 0.3 is 0 Å². The number of carbonyl (C=O) groups is 1. The lowest BCUT2D eigenvalue weighted by Gasteiger charge is -2.35. The molecule has 1 amide bonds. The Hall–Kier alpha value is -0.870. The zero-order valence-corrected chi connectivity index (χ0v) is 11.1. The summed E-state index contributed by atoms with van der Waals surface area (Å²) in [5, 5.41) is 0. The van der Waals surface area contributed by atoms with Gasteiger partial charge in [-0.05, 0) is 51.3 Å². The van der Waals surface area contributed by atoms with Crippen molar-refractivity contribution in [3.63, 3.8) is 0 Å². The van der Waals surface area contributed by atoms with Crippen molar-refractivity contribution in [2.75, 3.05) is 13.1 Å². The lowest BCUT2D eigenvalue weighted by molar-refractivity contribution is 0.0610. The Morgan fingerprint density at radius 1 is 1.53 bits per heavy atom. The van der Waals surface area contributed by atoms with Crippen molar-refractivity contribution in [2.24, 2.45) is 5.73 Å². The third kappa shape index (κ3) is 2.87. The number of amides is 1. The van der Waals surface area contributed by atoms with Crippen molar-refractivity contribution in [1.29, 1.82) is 0 Å². The van der Waals surface area contributed by atoms with Crippen LogP contribution in [0, 0.1) is 6.92 Å². The number of nitrogens with two attached hydrogens (primary N) is 1. The largest absolute Gasteiger partial charge is 0.335 e. The third-order valence-electron chi connectivity index (χ3n) is 3.34. The van der Waals surface area contributed by atoms with Crippen LogP contribution in [0.3, 0.4) is 0 Å². The number of aryl methyl sites for hydroxylation is 1. The highest BCUT2D eigenvalue weighted by Crippen LogP contribution is 2.24. The predicted molar refractivity (Wildman–Crippen MR) is 71.4 cm³/mol. The van der Waals surface area contributed by atoms with E-state index in [1.165, 1.54) is 11.3 Å². The average Bonchev–Trinajstić information content (AvgIpc) is 2.76. The first kappa shape index (κ1) is 12.6. The fraction of sp³-hybridized carbons (Fsp3) is 0.615. The topological polar surface area (TPSA) is 46.3 Å². The van der Waals surface area contributed by atoms with Gasteiger partial charge in [0.2, 0.25) is 0 Å². The maximum atomic E-state index is 12.4. The van der Waals surface area contributed by atoms with Crippen molar-refractivity contribution < 1.29 is 4.79 Å². The van der Waals surface area contributed by atoms with Gasteiger partial charge in [0.1, 0.15) is 0 Å². The molecule has 17 heavy (non-hydrogen) atoms. The monoisotopic (exact) mass is 252 g/mol. The van der Waals surface area contributed by atoms with E-state index in [2.05, 4.69) is 0 Å². The molecular formula is C13H20N2OS. The SMILES string of the molecule is Cc1ccc(C(=O)N2CCCCC2CCN)s1. The first-order valence-electron chi connectivity index (χ1n) is 6.30. The minimum absolute atomic E-state index is 0.196. The Bertz CT molecular complexity index is 387. The van der Waals surface area contributed by atoms with Gasteiger partial charge in [0.25, 0.3) is 5.91 Å². The van der Waals surface area contributed by atoms with E-state index >= 15 is 0 Å². The summed E-state index contributed by atoms with van der Waals surface area (Å²) in [7, 11) is 0. The van der Waals surface area contributed by atoms with Gasteiger partial charge in [0.15, 0.2) is 0 Å². The van der Waals surface area contributed by atoms with Crippen LogP contribution in [0.4, 0.5) is 0 Å². The molecule has 1 aromatic rings. The summed E-state index contributed by atoms with van der Waals surface area (Å²) in [6, 6.07) is 4.31. The molecule has 0 bridgehead atoms. The Balaban J connectivity index is 2.10. The van der Waals surface area contributed by atoms with Crippen molar-refractivity contribution in [3.8, 4) is 0 Å². The highest BCUT2D eigenvalue weighted by atomic mass is 32.1. The van der Waals surface area contributed by atoms with Gasteiger partial charge in [0.05, 0.1) is 4.88 Å². The molecule has 0 saturated carbocycles. The second kappa shape index (κ2) is 5.65. The van der Waals surface area contributed by atoms with E-state index in [0.29, 0.717) is 12.6 Å². The fourth-order valence-corrected chi connectivity index (χ4v) is 3.28. The Morgan fingerprint density at radius 3 is 3.00 bits per heavy atom. The summed E-state index contributed by atoms with van der Waals surface area (Å²) in [6.07, 6.45) is 4.37. The number of nitrogens with zero attached hydrogens (tertiary/aromatic N) is 1. The van der Waals surface area contributed by atoms with Crippen LogP contribution in [0.1, 0.15) is 40.2 Å². The summed E-state index contributed by atoms with van der Waals surface area (Å²) in [6.45, 7) is 3.59. The van der Waals surface area contributed by atoms with E-state index in [0.717, 1.165) is 30.7 Å². The summed E-state index contributed by atoms with van der Waals surface area (Å²) >= 11 is 1.59. The molecule has 94 valence electrons. The number of hydrogen-bond donors (Lipinski definition) is 1. The standard InChI is InChI=1S/C13H20N2OS/c1-10-5-6-12(17-10)13(16)15-9-3-2-4-11(15)7-8-14/h5-6,11H,2-4,7-9,14H2,1H3. The molecule has 0 radical (unpaired) electrons. The first-order chi connectivity index (χ1) is 8.22. The van der Waals surface area contributed by atoms with E-state index in [-0.39, 0.29) is 5.91 Å². The van der Waals surface area contributed by atoms with Crippen molar-refractivity contribution in [3.05, 3.63) is 21.9 Å².